The lowest BCUT2D eigenvalue weighted by molar-refractivity contribution is -0.169. The Hall–Kier alpha value is -3.24. The number of methoxy groups -OCH3 is 3. The molecule has 1 unspecified atom stereocenters. The Morgan fingerprint density at radius 1 is 1.03 bits per heavy atom. The number of aliphatic hydroxyl groups is 1. The highest BCUT2D eigenvalue weighted by molar-refractivity contribution is 5.92. The first-order valence-corrected chi connectivity index (χ1v) is 11.5. The van der Waals surface area contributed by atoms with E-state index in [1.807, 2.05) is 6.92 Å². The van der Waals surface area contributed by atoms with Crippen LogP contribution in [0.1, 0.15) is 43.8 Å². The molecule has 0 bridgehead atoms. The van der Waals surface area contributed by atoms with Crippen molar-refractivity contribution in [2.45, 2.75) is 45.3 Å². The summed E-state index contributed by atoms with van der Waals surface area (Å²) in [6.07, 6.45) is 0. The lowest BCUT2D eigenvalue weighted by Gasteiger charge is -2.31. The van der Waals surface area contributed by atoms with Crippen LogP contribution in [0, 0.1) is 6.92 Å². The molecular formula is C26H33F2N3O5. The summed E-state index contributed by atoms with van der Waals surface area (Å²) in [5, 5.41) is 14.1. The van der Waals surface area contributed by atoms with E-state index >= 15 is 8.78 Å². The van der Waals surface area contributed by atoms with Crippen LogP contribution >= 0.6 is 0 Å². The van der Waals surface area contributed by atoms with Gasteiger partial charge < -0.3 is 29.4 Å². The van der Waals surface area contributed by atoms with Crippen LogP contribution in [0.25, 0.3) is 10.9 Å². The number of hydrogen-bond acceptors (Lipinski definition) is 8. The summed E-state index contributed by atoms with van der Waals surface area (Å²) in [7, 11) is 4.46. The molecule has 0 aliphatic rings. The van der Waals surface area contributed by atoms with Crippen molar-refractivity contribution in [3.05, 3.63) is 47.3 Å². The fraction of sp³-hybridized carbons (Fsp3) is 0.462. The van der Waals surface area contributed by atoms with Crippen LogP contribution in [0.4, 0.5) is 14.6 Å². The summed E-state index contributed by atoms with van der Waals surface area (Å²) in [6, 6.07) is 7.50. The van der Waals surface area contributed by atoms with Crippen LogP contribution in [0.2, 0.25) is 0 Å². The Balaban J connectivity index is 2.06. The van der Waals surface area contributed by atoms with Gasteiger partial charge in [0.25, 0.3) is 0 Å². The third kappa shape index (κ3) is 5.44. The van der Waals surface area contributed by atoms with E-state index in [4.69, 9.17) is 18.9 Å². The monoisotopic (exact) mass is 505 g/mol. The minimum Gasteiger partial charge on any atom is -0.496 e. The topological polar surface area (TPSA) is 95.0 Å². The van der Waals surface area contributed by atoms with Crippen molar-refractivity contribution in [3.63, 3.8) is 0 Å². The van der Waals surface area contributed by atoms with Gasteiger partial charge in [-0.3, -0.25) is 0 Å². The van der Waals surface area contributed by atoms with Crippen molar-refractivity contribution in [1.29, 1.82) is 0 Å². The van der Waals surface area contributed by atoms with Gasteiger partial charge >= 0.3 is 5.92 Å². The number of nitrogens with one attached hydrogen (secondary N) is 1. The van der Waals surface area contributed by atoms with Gasteiger partial charge in [-0.2, -0.15) is 8.78 Å². The zero-order valence-corrected chi connectivity index (χ0v) is 21.6. The zero-order valence-electron chi connectivity index (χ0n) is 21.6. The molecule has 2 N–H and O–H groups in total. The van der Waals surface area contributed by atoms with E-state index in [2.05, 4.69) is 15.3 Å². The van der Waals surface area contributed by atoms with Crippen molar-refractivity contribution in [3.8, 4) is 17.2 Å². The maximum absolute atomic E-state index is 15.1. The first-order chi connectivity index (χ1) is 16.9. The normalized spacial score (nSPS) is 12.9. The van der Waals surface area contributed by atoms with Gasteiger partial charge in [0.2, 0.25) is 0 Å². The Labute approximate surface area is 209 Å². The molecule has 0 spiro atoms. The summed E-state index contributed by atoms with van der Waals surface area (Å²) < 4.78 is 51.9. The standard InChI is InChI=1S/C26H33F2N3O5/c1-15(17-9-8-10-19(23(17)35-7)26(27,28)25(3,4)32)29-24-18-13-22(36-12-11-33-5)21(34-6)14-20(18)30-16(2)31-24/h8-10,13-15,32H,11-12H2,1-7H3,(H,29,30,31). The van der Waals surface area contributed by atoms with Crippen molar-refractivity contribution in [2.24, 2.45) is 0 Å². The van der Waals surface area contributed by atoms with Crippen molar-refractivity contribution in [1.82, 2.24) is 9.97 Å². The van der Waals surface area contributed by atoms with Crippen LogP contribution in [-0.2, 0) is 10.7 Å². The Kier molecular flexibility index (Phi) is 8.20. The number of para-hydroxylation sites is 1. The number of alkyl halides is 2. The van der Waals surface area contributed by atoms with Gasteiger partial charge in [0, 0.05) is 24.1 Å². The van der Waals surface area contributed by atoms with Crippen molar-refractivity contribution in [2.75, 3.05) is 39.9 Å². The molecule has 0 saturated carbocycles. The quantitative estimate of drug-likeness (QED) is 0.351. The molecule has 1 heterocycles. The van der Waals surface area contributed by atoms with Gasteiger partial charge in [-0.1, -0.05) is 12.1 Å². The molecule has 196 valence electrons. The molecule has 36 heavy (non-hydrogen) atoms. The summed E-state index contributed by atoms with van der Waals surface area (Å²) in [4.78, 5) is 9.06. The molecule has 1 atom stereocenters. The maximum atomic E-state index is 15.1. The summed E-state index contributed by atoms with van der Waals surface area (Å²) in [5.74, 6) is -1.54. The summed E-state index contributed by atoms with van der Waals surface area (Å²) in [5.41, 5.74) is -1.57. The second-order valence-electron chi connectivity index (χ2n) is 8.91. The lowest BCUT2D eigenvalue weighted by Crippen LogP contribution is -2.40. The van der Waals surface area contributed by atoms with Gasteiger partial charge in [0.1, 0.15) is 29.6 Å². The van der Waals surface area contributed by atoms with Crippen LogP contribution in [0.3, 0.4) is 0 Å². The second kappa shape index (κ2) is 10.8. The number of nitrogens with zero attached hydrogens (tertiary/aromatic N) is 2. The van der Waals surface area contributed by atoms with Crippen molar-refractivity contribution >= 4 is 16.7 Å². The van der Waals surface area contributed by atoms with E-state index in [9.17, 15) is 5.11 Å². The number of aromatic nitrogens is 2. The van der Waals surface area contributed by atoms with Gasteiger partial charge in [-0.05, 0) is 39.8 Å². The van der Waals surface area contributed by atoms with Crippen LogP contribution < -0.4 is 19.5 Å². The molecule has 10 heteroatoms. The van der Waals surface area contributed by atoms with Gasteiger partial charge in [0.15, 0.2) is 11.5 Å². The van der Waals surface area contributed by atoms with E-state index < -0.39 is 23.1 Å². The minimum absolute atomic E-state index is 0.00929. The fourth-order valence-corrected chi connectivity index (χ4v) is 3.85. The average molecular weight is 506 g/mol. The Bertz CT molecular complexity index is 1210. The first-order valence-electron chi connectivity index (χ1n) is 11.5. The third-order valence-electron chi connectivity index (χ3n) is 5.81. The molecule has 0 radical (unpaired) electrons. The predicted molar refractivity (Wildman–Crippen MR) is 133 cm³/mol. The predicted octanol–water partition coefficient (Wildman–Crippen LogP) is 5.02. The lowest BCUT2D eigenvalue weighted by atomic mass is 9.90. The number of benzene rings is 2. The zero-order chi connectivity index (χ0) is 26.7. The largest absolute Gasteiger partial charge is 0.496 e. The van der Waals surface area contributed by atoms with E-state index in [-0.39, 0.29) is 5.75 Å². The molecule has 0 aliphatic carbocycles. The van der Waals surface area contributed by atoms with Gasteiger partial charge in [-0.15, -0.1) is 0 Å². The van der Waals surface area contributed by atoms with E-state index in [0.29, 0.717) is 52.8 Å². The highest BCUT2D eigenvalue weighted by Crippen LogP contribution is 2.45. The van der Waals surface area contributed by atoms with Gasteiger partial charge in [0.05, 0.1) is 37.9 Å². The molecule has 8 nitrogen and oxygen atoms in total. The summed E-state index contributed by atoms with van der Waals surface area (Å²) >= 11 is 0. The molecule has 0 amide bonds. The van der Waals surface area contributed by atoms with Crippen molar-refractivity contribution < 1.29 is 32.8 Å². The fourth-order valence-electron chi connectivity index (χ4n) is 3.85. The molecule has 0 aliphatic heterocycles. The number of hydrogen-bond donors (Lipinski definition) is 2. The summed E-state index contributed by atoms with van der Waals surface area (Å²) in [6.45, 7) is 6.43. The van der Waals surface area contributed by atoms with Crippen LogP contribution in [0.5, 0.6) is 17.2 Å². The molecule has 3 rings (SSSR count). The number of anilines is 1. The van der Waals surface area contributed by atoms with E-state index in [0.717, 1.165) is 13.8 Å². The first kappa shape index (κ1) is 27.3. The van der Waals surface area contributed by atoms with Crippen LogP contribution in [-0.4, -0.2) is 55.2 Å². The third-order valence-corrected chi connectivity index (χ3v) is 5.81. The SMILES string of the molecule is COCCOc1cc2c(NC(C)c3cccc(C(F)(F)C(C)(C)O)c3OC)nc(C)nc2cc1OC. The second-order valence-corrected chi connectivity index (χ2v) is 8.91. The number of rotatable bonds is 11. The smallest absolute Gasteiger partial charge is 0.304 e. The minimum atomic E-state index is -3.54. The molecule has 1 aromatic heterocycles. The Morgan fingerprint density at radius 3 is 2.36 bits per heavy atom. The number of ether oxygens (including phenoxy) is 4. The number of fused-ring (bicyclic) bond motifs is 1. The molecule has 0 saturated heterocycles. The number of aryl methyl sites for hydroxylation is 1. The average Bonchev–Trinajstić information content (AvgIpc) is 2.82. The highest BCUT2D eigenvalue weighted by Gasteiger charge is 2.49. The van der Waals surface area contributed by atoms with E-state index in [1.54, 1.807) is 39.3 Å². The Morgan fingerprint density at radius 2 is 1.75 bits per heavy atom. The maximum Gasteiger partial charge on any atom is 0.304 e. The highest BCUT2D eigenvalue weighted by atomic mass is 19.3. The molecule has 0 fully saturated rings. The molecular weight excluding hydrogens is 472 g/mol. The van der Waals surface area contributed by atoms with E-state index in [1.165, 1.54) is 19.2 Å². The van der Waals surface area contributed by atoms with Gasteiger partial charge in [-0.25, -0.2) is 9.97 Å². The molecule has 3 aromatic rings. The molecule has 2 aromatic carbocycles. The van der Waals surface area contributed by atoms with Crippen LogP contribution in [0.15, 0.2) is 30.3 Å². The number of halogens is 2.